The van der Waals surface area contributed by atoms with Gasteiger partial charge in [0.2, 0.25) is 5.91 Å². The largest absolute Gasteiger partial charge is 0.478 e. The highest BCUT2D eigenvalue weighted by Gasteiger charge is 2.30. The summed E-state index contributed by atoms with van der Waals surface area (Å²) in [7, 11) is 0. The first kappa shape index (κ1) is 26.5. The summed E-state index contributed by atoms with van der Waals surface area (Å²) in [6.07, 6.45) is 2.87. The Hall–Kier alpha value is -3.55. The van der Waals surface area contributed by atoms with Crippen LogP contribution in [0.1, 0.15) is 90.4 Å². The fourth-order valence-electron chi connectivity index (χ4n) is 5.36. The SMILES string of the molecule is CCCc1c(C(F)F)n(C(=O)CC2CCCCC2)c(=O)n1Cc1ccc(-c2ccccc2C(=O)O)cc1. The number of halogens is 2. The summed E-state index contributed by atoms with van der Waals surface area (Å²) in [4.78, 5) is 38.1. The predicted octanol–water partition coefficient (Wildman–Crippen LogP) is 6.56. The zero-order valence-electron chi connectivity index (χ0n) is 21.0. The number of rotatable bonds is 9. The van der Waals surface area contributed by atoms with E-state index in [1.165, 1.54) is 10.6 Å². The number of carbonyl (C=O) groups is 2. The number of hydrogen-bond acceptors (Lipinski definition) is 3. The molecule has 196 valence electrons. The Bertz CT molecular complexity index is 1320. The van der Waals surface area contributed by atoms with Crippen molar-refractivity contribution >= 4 is 11.9 Å². The van der Waals surface area contributed by atoms with Gasteiger partial charge in [0.1, 0.15) is 5.69 Å². The van der Waals surface area contributed by atoms with Crippen molar-refractivity contribution in [3.8, 4) is 11.1 Å². The molecule has 0 aliphatic heterocycles. The van der Waals surface area contributed by atoms with E-state index in [1.54, 1.807) is 42.5 Å². The van der Waals surface area contributed by atoms with Crippen LogP contribution >= 0.6 is 0 Å². The molecule has 1 aliphatic carbocycles. The van der Waals surface area contributed by atoms with Crippen LogP contribution in [0.15, 0.2) is 53.3 Å². The molecular formula is C29H32F2N2O4. The monoisotopic (exact) mass is 510 g/mol. The minimum atomic E-state index is -2.94. The third kappa shape index (κ3) is 5.73. The minimum absolute atomic E-state index is 0.0401. The van der Waals surface area contributed by atoms with Gasteiger partial charge in [0.05, 0.1) is 12.1 Å². The van der Waals surface area contributed by atoms with Crippen molar-refractivity contribution in [2.24, 2.45) is 5.92 Å². The molecule has 0 amide bonds. The molecule has 1 aliphatic rings. The van der Waals surface area contributed by atoms with Crippen molar-refractivity contribution in [1.82, 2.24) is 9.13 Å². The van der Waals surface area contributed by atoms with E-state index in [1.807, 2.05) is 6.92 Å². The number of hydrogen-bond donors (Lipinski definition) is 1. The van der Waals surface area contributed by atoms with Gasteiger partial charge < -0.3 is 5.11 Å². The van der Waals surface area contributed by atoms with Crippen molar-refractivity contribution < 1.29 is 23.5 Å². The number of nitrogens with zero attached hydrogens (tertiary/aromatic N) is 2. The summed E-state index contributed by atoms with van der Waals surface area (Å²) < 4.78 is 30.5. The summed E-state index contributed by atoms with van der Waals surface area (Å²) in [6.45, 7) is 1.89. The van der Waals surface area contributed by atoms with Crippen LogP contribution in [0.5, 0.6) is 0 Å². The maximum atomic E-state index is 14.3. The first-order valence-electron chi connectivity index (χ1n) is 12.9. The topological polar surface area (TPSA) is 81.3 Å². The van der Waals surface area contributed by atoms with Gasteiger partial charge in [-0.05, 0) is 47.9 Å². The van der Waals surface area contributed by atoms with Gasteiger partial charge in [-0.1, -0.05) is 75.1 Å². The van der Waals surface area contributed by atoms with Crippen LogP contribution in [0.4, 0.5) is 8.78 Å². The lowest BCUT2D eigenvalue weighted by molar-refractivity contribution is 0.0697. The molecule has 37 heavy (non-hydrogen) atoms. The number of carboxylic acids is 1. The second-order valence-corrected chi connectivity index (χ2v) is 9.74. The Kier molecular flexibility index (Phi) is 8.36. The highest BCUT2D eigenvalue weighted by Crippen LogP contribution is 2.30. The van der Waals surface area contributed by atoms with Gasteiger partial charge >= 0.3 is 11.7 Å². The molecule has 0 atom stereocenters. The lowest BCUT2D eigenvalue weighted by Crippen LogP contribution is -2.32. The molecule has 0 radical (unpaired) electrons. The smallest absolute Gasteiger partial charge is 0.336 e. The molecule has 0 bridgehead atoms. The minimum Gasteiger partial charge on any atom is -0.478 e. The Morgan fingerprint density at radius 2 is 1.70 bits per heavy atom. The average Bonchev–Trinajstić information content (AvgIpc) is 3.16. The molecular weight excluding hydrogens is 478 g/mol. The third-order valence-corrected chi connectivity index (χ3v) is 7.18. The van der Waals surface area contributed by atoms with Gasteiger partial charge in [-0.15, -0.1) is 0 Å². The zero-order valence-corrected chi connectivity index (χ0v) is 21.0. The maximum Gasteiger partial charge on any atom is 0.336 e. The van der Waals surface area contributed by atoms with Gasteiger partial charge in [-0.25, -0.2) is 22.9 Å². The standard InChI is InChI=1S/C29H32F2N2O4/c1-2-8-24-26(27(30)31)33(25(34)17-19-9-4-3-5-10-19)29(37)32(24)18-20-13-15-21(16-14-20)22-11-6-7-12-23(22)28(35)36/h6-7,11-16,19,27H,2-5,8-10,17-18H2,1H3,(H,35,36). The number of imidazole rings is 1. The van der Waals surface area contributed by atoms with E-state index in [9.17, 15) is 28.3 Å². The van der Waals surface area contributed by atoms with Gasteiger partial charge in [0.15, 0.2) is 0 Å². The van der Waals surface area contributed by atoms with Gasteiger partial charge in [-0.3, -0.25) is 9.36 Å². The van der Waals surface area contributed by atoms with Crippen molar-refractivity contribution in [3.05, 3.63) is 81.5 Å². The summed E-state index contributed by atoms with van der Waals surface area (Å²) in [5.41, 5.74) is 1.10. The molecule has 6 nitrogen and oxygen atoms in total. The average molecular weight is 511 g/mol. The van der Waals surface area contributed by atoms with Crippen LogP contribution in [-0.2, 0) is 13.0 Å². The molecule has 1 N–H and O–H groups in total. The van der Waals surface area contributed by atoms with Crippen molar-refractivity contribution in [2.45, 2.75) is 71.3 Å². The van der Waals surface area contributed by atoms with Crippen LogP contribution in [0.2, 0.25) is 0 Å². The highest BCUT2D eigenvalue weighted by molar-refractivity contribution is 5.96. The number of carbonyl (C=O) groups excluding carboxylic acids is 1. The van der Waals surface area contributed by atoms with Crippen molar-refractivity contribution in [1.29, 1.82) is 0 Å². The molecule has 1 fully saturated rings. The Labute approximate surface area is 214 Å². The van der Waals surface area contributed by atoms with Gasteiger partial charge in [0, 0.05) is 12.1 Å². The fraction of sp³-hybridized carbons (Fsp3) is 0.414. The molecule has 3 aromatic rings. The van der Waals surface area contributed by atoms with E-state index < -0.39 is 29.7 Å². The summed E-state index contributed by atoms with van der Waals surface area (Å²) in [6, 6.07) is 13.7. The summed E-state index contributed by atoms with van der Waals surface area (Å²) in [5, 5.41) is 9.48. The predicted molar refractivity (Wildman–Crippen MR) is 137 cm³/mol. The summed E-state index contributed by atoms with van der Waals surface area (Å²) in [5.74, 6) is -1.46. The number of aromatic nitrogens is 2. The van der Waals surface area contributed by atoms with E-state index in [4.69, 9.17) is 0 Å². The molecule has 8 heteroatoms. The lowest BCUT2D eigenvalue weighted by atomic mass is 9.87. The number of carboxylic acid groups (broad SMARTS) is 1. The first-order chi connectivity index (χ1) is 17.8. The first-order valence-corrected chi connectivity index (χ1v) is 12.9. The Morgan fingerprint density at radius 3 is 2.32 bits per heavy atom. The van der Waals surface area contributed by atoms with Crippen LogP contribution in [0, 0.1) is 5.92 Å². The number of benzene rings is 2. The molecule has 0 saturated heterocycles. The molecule has 2 aromatic carbocycles. The molecule has 1 heterocycles. The quantitative estimate of drug-likeness (QED) is 0.353. The van der Waals surface area contributed by atoms with Crippen LogP contribution in [0.3, 0.4) is 0 Å². The van der Waals surface area contributed by atoms with Crippen molar-refractivity contribution in [2.75, 3.05) is 0 Å². The number of aromatic carboxylic acids is 1. The third-order valence-electron chi connectivity index (χ3n) is 7.18. The molecule has 1 aromatic heterocycles. The molecule has 0 unspecified atom stereocenters. The Morgan fingerprint density at radius 1 is 1.03 bits per heavy atom. The fourth-order valence-corrected chi connectivity index (χ4v) is 5.36. The zero-order chi connectivity index (χ0) is 26.5. The maximum absolute atomic E-state index is 14.3. The Balaban J connectivity index is 1.68. The van der Waals surface area contributed by atoms with Crippen LogP contribution in [0.25, 0.3) is 11.1 Å². The van der Waals surface area contributed by atoms with Crippen molar-refractivity contribution in [3.63, 3.8) is 0 Å². The summed E-state index contributed by atoms with van der Waals surface area (Å²) >= 11 is 0. The van der Waals surface area contributed by atoms with Gasteiger partial charge in [0.25, 0.3) is 6.43 Å². The van der Waals surface area contributed by atoms with E-state index in [2.05, 4.69) is 0 Å². The van der Waals surface area contributed by atoms with Gasteiger partial charge in [-0.2, -0.15) is 0 Å². The molecule has 1 saturated carbocycles. The van der Waals surface area contributed by atoms with E-state index in [0.29, 0.717) is 23.1 Å². The second kappa shape index (κ2) is 11.7. The molecule has 4 rings (SSSR count). The number of alkyl halides is 2. The molecule has 0 spiro atoms. The van der Waals surface area contributed by atoms with E-state index in [-0.39, 0.29) is 36.6 Å². The lowest BCUT2D eigenvalue weighted by Gasteiger charge is -2.20. The van der Waals surface area contributed by atoms with Crippen LogP contribution < -0.4 is 5.69 Å². The van der Waals surface area contributed by atoms with E-state index >= 15 is 0 Å². The van der Waals surface area contributed by atoms with E-state index in [0.717, 1.165) is 36.7 Å². The normalized spacial score (nSPS) is 14.3. The second-order valence-electron chi connectivity index (χ2n) is 9.74. The van der Waals surface area contributed by atoms with Crippen LogP contribution in [-0.4, -0.2) is 26.1 Å². The highest BCUT2D eigenvalue weighted by atomic mass is 19.3.